The summed E-state index contributed by atoms with van der Waals surface area (Å²) in [5.41, 5.74) is 0.0241. The van der Waals surface area contributed by atoms with Gasteiger partial charge in [0.2, 0.25) is 0 Å². The van der Waals surface area contributed by atoms with Gasteiger partial charge in [0.25, 0.3) is 10.0 Å². The molecule has 0 aromatic carbocycles. The standard InChI is InChI=1S/C20H33N3O4S/c1-19(2,3)27-18(24)23-14-15(13-20(23,4)5)9-6-7-10-16-11-8-12-17(22-16)28(21,25)26/h8,11-12,15H,6-7,9-10,13-14H2,1-5H3,(H2,21,25,26). The zero-order valence-electron chi connectivity index (χ0n) is 17.6. The smallest absolute Gasteiger partial charge is 0.410 e. The van der Waals surface area contributed by atoms with Crippen molar-refractivity contribution in [1.82, 2.24) is 9.88 Å². The van der Waals surface area contributed by atoms with Crippen LogP contribution in [0.1, 0.15) is 66.0 Å². The van der Waals surface area contributed by atoms with Gasteiger partial charge in [-0.3, -0.25) is 0 Å². The molecule has 0 saturated carbocycles. The lowest BCUT2D eigenvalue weighted by atomic mass is 9.92. The molecule has 28 heavy (non-hydrogen) atoms. The summed E-state index contributed by atoms with van der Waals surface area (Å²) >= 11 is 0. The van der Waals surface area contributed by atoms with E-state index in [-0.39, 0.29) is 16.7 Å². The fourth-order valence-corrected chi connectivity index (χ4v) is 4.23. The highest BCUT2D eigenvalue weighted by atomic mass is 32.2. The molecule has 1 fully saturated rings. The number of rotatable bonds is 6. The molecule has 1 aromatic heterocycles. The molecule has 2 N–H and O–H groups in total. The van der Waals surface area contributed by atoms with Crippen LogP contribution in [0.5, 0.6) is 0 Å². The van der Waals surface area contributed by atoms with Crippen LogP contribution >= 0.6 is 0 Å². The fourth-order valence-electron chi connectivity index (χ4n) is 3.71. The molecule has 1 unspecified atom stereocenters. The molecule has 0 spiro atoms. The summed E-state index contributed by atoms with van der Waals surface area (Å²) in [7, 11) is -3.77. The van der Waals surface area contributed by atoms with E-state index in [9.17, 15) is 13.2 Å². The Morgan fingerprint density at radius 1 is 1.32 bits per heavy atom. The Morgan fingerprint density at radius 2 is 2.00 bits per heavy atom. The predicted molar refractivity (Wildman–Crippen MR) is 108 cm³/mol. The van der Waals surface area contributed by atoms with Crippen molar-refractivity contribution in [3.63, 3.8) is 0 Å². The fraction of sp³-hybridized carbons (Fsp3) is 0.700. The number of nitrogens with zero attached hydrogens (tertiary/aromatic N) is 2. The average Bonchev–Trinajstić information content (AvgIpc) is 2.84. The molecule has 158 valence electrons. The highest BCUT2D eigenvalue weighted by molar-refractivity contribution is 7.89. The van der Waals surface area contributed by atoms with Crippen LogP contribution < -0.4 is 5.14 Å². The minimum absolute atomic E-state index is 0.0875. The summed E-state index contributed by atoms with van der Waals surface area (Å²) in [5, 5.41) is 5.04. The van der Waals surface area contributed by atoms with Gasteiger partial charge in [0.1, 0.15) is 5.60 Å². The summed E-state index contributed by atoms with van der Waals surface area (Å²) in [6, 6.07) is 4.89. The quantitative estimate of drug-likeness (QED) is 0.722. The number of unbranched alkanes of at least 4 members (excludes halogenated alkanes) is 1. The maximum Gasteiger partial charge on any atom is 0.410 e. The predicted octanol–water partition coefficient (Wildman–Crippen LogP) is 3.48. The number of amides is 1. The first-order chi connectivity index (χ1) is 12.8. The Balaban J connectivity index is 1.83. The van der Waals surface area contributed by atoms with Gasteiger partial charge < -0.3 is 9.64 Å². The van der Waals surface area contributed by atoms with Crippen molar-refractivity contribution in [2.45, 2.75) is 82.9 Å². The van der Waals surface area contributed by atoms with E-state index in [1.165, 1.54) is 6.07 Å². The van der Waals surface area contributed by atoms with E-state index in [1.54, 1.807) is 6.07 Å². The molecule has 1 atom stereocenters. The monoisotopic (exact) mass is 411 g/mol. The first kappa shape index (κ1) is 22.6. The maximum absolute atomic E-state index is 12.5. The van der Waals surface area contributed by atoms with Crippen molar-refractivity contribution >= 4 is 16.1 Å². The highest BCUT2D eigenvalue weighted by Crippen LogP contribution is 2.36. The van der Waals surface area contributed by atoms with Gasteiger partial charge >= 0.3 is 6.09 Å². The third-order valence-corrected chi connectivity index (χ3v) is 5.75. The number of nitrogens with two attached hydrogens (primary N) is 1. The number of pyridine rings is 1. The van der Waals surface area contributed by atoms with Gasteiger partial charge in [0.05, 0.1) is 0 Å². The lowest BCUT2D eigenvalue weighted by molar-refractivity contribution is 0.0131. The van der Waals surface area contributed by atoms with E-state index in [0.717, 1.165) is 31.4 Å². The zero-order chi connectivity index (χ0) is 21.2. The molecule has 1 aromatic rings. The van der Waals surface area contributed by atoms with Gasteiger partial charge in [-0.15, -0.1) is 0 Å². The molecular formula is C20H33N3O4S. The summed E-state index contributed by atoms with van der Waals surface area (Å²) in [6.45, 7) is 10.5. The lowest BCUT2D eigenvalue weighted by Crippen LogP contribution is -2.45. The van der Waals surface area contributed by atoms with Gasteiger partial charge in [0.15, 0.2) is 5.03 Å². The van der Waals surface area contributed by atoms with E-state index in [1.807, 2.05) is 31.7 Å². The first-order valence-electron chi connectivity index (χ1n) is 9.77. The minimum atomic E-state index is -3.77. The second kappa shape index (κ2) is 8.37. The van der Waals surface area contributed by atoms with Crippen molar-refractivity contribution in [2.24, 2.45) is 11.1 Å². The largest absolute Gasteiger partial charge is 0.444 e. The molecule has 2 heterocycles. The van der Waals surface area contributed by atoms with E-state index < -0.39 is 15.6 Å². The van der Waals surface area contributed by atoms with Crippen LogP contribution in [-0.4, -0.2) is 42.1 Å². The Hall–Kier alpha value is -1.67. The van der Waals surface area contributed by atoms with Crippen LogP contribution in [0.25, 0.3) is 0 Å². The molecule has 7 nitrogen and oxygen atoms in total. The SMILES string of the molecule is CC(C)(C)OC(=O)N1CC(CCCCc2cccc(S(N)(=O)=O)n2)CC1(C)C. The highest BCUT2D eigenvalue weighted by Gasteiger charge is 2.42. The van der Waals surface area contributed by atoms with Crippen LogP contribution in [0.4, 0.5) is 4.79 Å². The topological polar surface area (TPSA) is 103 Å². The summed E-state index contributed by atoms with van der Waals surface area (Å²) in [6.07, 6.45) is 4.32. The van der Waals surface area contributed by atoms with Crippen LogP contribution in [-0.2, 0) is 21.2 Å². The normalized spacial score (nSPS) is 19.6. The van der Waals surface area contributed by atoms with Crippen molar-refractivity contribution in [3.05, 3.63) is 23.9 Å². The van der Waals surface area contributed by atoms with Gasteiger partial charge in [-0.05, 0) is 78.4 Å². The first-order valence-corrected chi connectivity index (χ1v) is 11.3. The third-order valence-electron chi connectivity index (χ3n) is 4.94. The number of carbonyl (C=O) groups is 1. The molecule has 0 radical (unpaired) electrons. The minimum Gasteiger partial charge on any atom is -0.444 e. The van der Waals surface area contributed by atoms with Crippen molar-refractivity contribution in [2.75, 3.05) is 6.54 Å². The molecule has 8 heteroatoms. The van der Waals surface area contributed by atoms with Gasteiger partial charge in [-0.25, -0.2) is 23.3 Å². The number of sulfonamides is 1. The summed E-state index contributed by atoms with van der Waals surface area (Å²) in [4.78, 5) is 18.5. The summed E-state index contributed by atoms with van der Waals surface area (Å²) in [5.74, 6) is 0.436. The molecule has 1 aliphatic heterocycles. The van der Waals surface area contributed by atoms with E-state index in [2.05, 4.69) is 18.8 Å². The molecule has 1 amide bonds. The summed E-state index contributed by atoms with van der Waals surface area (Å²) < 4.78 is 28.3. The second-order valence-corrected chi connectivity index (χ2v) is 10.7. The Bertz CT molecular complexity index is 800. The number of primary sulfonamides is 1. The Labute approximate surface area is 168 Å². The van der Waals surface area contributed by atoms with Gasteiger partial charge in [-0.1, -0.05) is 12.5 Å². The Kier molecular flexibility index (Phi) is 6.76. The number of hydrogen-bond acceptors (Lipinski definition) is 5. The van der Waals surface area contributed by atoms with Crippen molar-refractivity contribution in [1.29, 1.82) is 0 Å². The van der Waals surface area contributed by atoms with Crippen molar-refractivity contribution < 1.29 is 17.9 Å². The number of aromatic nitrogens is 1. The molecule has 2 rings (SSSR count). The van der Waals surface area contributed by atoms with Crippen LogP contribution in [0.3, 0.4) is 0 Å². The van der Waals surface area contributed by atoms with Gasteiger partial charge in [0, 0.05) is 17.8 Å². The van der Waals surface area contributed by atoms with Crippen LogP contribution in [0, 0.1) is 5.92 Å². The molecule has 1 aliphatic rings. The number of hydrogen-bond donors (Lipinski definition) is 1. The van der Waals surface area contributed by atoms with E-state index >= 15 is 0 Å². The lowest BCUT2D eigenvalue weighted by Gasteiger charge is -2.33. The molecule has 1 saturated heterocycles. The van der Waals surface area contributed by atoms with Crippen LogP contribution in [0.2, 0.25) is 0 Å². The molecular weight excluding hydrogens is 378 g/mol. The third kappa shape index (κ3) is 6.44. The van der Waals surface area contributed by atoms with Crippen molar-refractivity contribution in [3.8, 4) is 0 Å². The van der Waals surface area contributed by atoms with Gasteiger partial charge in [-0.2, -0.15) is 0 Å². The number of ether oxygens (including phenoxy) is 1. The van der Waals surface area contributed by atoms with Crippen LogP contribution in [0.15, 0.2) is 23.2 Å². The average molecular weight is 412 g/mol. The second-order valence-electron chi connectivity index (χ2n) is 9.23. The zero-order valence-corrected chi connectivity index (χ0v) is 18.4. The Morgan fingerprint density at radius 3 is 2.61 bits per heavy atom. The number of carbonyl (C=O) groups excluding carboxylic acids is 1. The molecule has 0 bridgehead atoms. The van der Waals surface area contributed by atoms with E-state index in [0.29, 0.717) is 18.9 Å². The number of likely N-dealkylation sites (tertiary alicyclic amines) is 1. The maximum atomic E-state index is 12.5. The number of aryl methyl sites for hydroxylation is 1. The van der Waals surface area contributed by atoms with E-state index in [4.69, 9.17) is 9.88 Å². The molecule has 0 aliphatic carbocycles.